The van der Waals surface area contributed by atoms with Crippen molar-refractivity contribution in [2.45, 2.75) is 39.7 Å². The topological polar surface area (TPSA) is 20.3 Å². The molecule has 0 aliphatic carbocycles. The number of nitrogens with zero attached hydrogens (tertiary/aromatic N) is 1. The lowest BCUT2D eigenvalue weighted by molar-refractivity contribution is -0.125. The fraction of sp³-hybridized carbons (Fsp3) is 0.875. The molecular weight excluding hydrogens is 162 g/mol. The molecule has 0 spiro atoms. The van der Waals surface area contributed by atoms with Crippen molar-refractivity contribution in [2.75, 3.05) is 0 Å². The van der Waals surface area contributed by atoms with Crippen molar-refractivity contribution in [1.82, 2.24) is 4.42 Å². The van der Waals surface area contributed by atoms with Crippen LogP contribution in [0.25, 0.3) is 0 Å². The van der Waals surface area contributed by atoms with Crippen LogP contribution >= 0.6 is 11.8 Å². The third-order valence-corrected chi connectivity index (χ3v) is 3.57. The molecule has 1 amide bonds. The molecule has 0 unspecified atom stereocenters. The van der Waals surface area contributed by atoms with Crippen LogP contribution in [0.3, 0.4) is 0 Å². The van der Waals surface area contributed by atoms with Crippen LogP contribution in [0.15, 0.2) is 0 Å². The van der Waals surface area contributed by atoms with Crippen molar-refractivity contribution in [3.63, 3.8) is 0 Å². The molecule has 0 aromatic heterocycles. The molecule has 0 N–H and O–H groups in total. The van der Waals surface area contributed by atoms with Crippen LogP contribution in [0.2, 0.25) is 0 Å². The Morgan fingerprint density at radius 3 is 1.91 bits per heavy atom. The van der Waals surface area contributed by atoms with E-state index in [0.29, 0.717) is 6.42 Å². The summed E-state index contributed by atoms with van der Waals surface area (Å²) in [6.07, 6.45) is 0.545. The number of hydrogen-bond acceptors (Lipinski definition) is 1. The van der Waals surface area contributed by atoms with Gasteiger partial charge in [-0.15, -0.1) is 0 Å². The minimum Gasteiger partial charge on any atom is -0.274 e. The minimum atomic E-state index is -0.231. The molecule has 2 nitrogen and oxygen atoms in total. The normalized spacial score (nSPS) is 27.7. The fourth-order valence-corrected chi connectivity index (χ4v) is 1.53. The van der Waals surface area contributed by atoms with Gasteiger partial charge in [0.15, 0.2) is 0 Å². The van der Waals surface area contributed by atoms with Crippen LogP contribution in [0.5, 0.6) is 0 Å². The highest BCUT2D eigenvalue weighted by Crippen LogP contribution is 2.46. The zero-order valence-electron chi connectivity index (χ0n) is 7.44. The van der Waals surface area contributed by atoms with E-state index in [9.17, 15) is 4.79 Å². The van der Waals surface area contributed by atoms with Gasteiger partial charge in [-0.25, -0.2) is 4.42 Å². The van der Waals surface area contributed by atoms with Crippen LogP contribution in [0, 0.1) is 5.41 Å². The minimum absolute atomic E-state index is 0.0220. The van der Waals surface area contributed by atoms with E-state index >= 15 is 0 Å². The quantitative estimate of drug-likeness (QED) is 0.517. The summed E-state index contributed by atoms with van der Waals surface area (Å²) in [6.45, 7) is 8.11. The van der Waals surface area contributed by atoms with Crippen molar-refractivity contribution in [1.29, 1.82) is 0 Å². The molecule has 11 heavy (non-hydrogen) atoms. The maximum Gasteiger partial charge on any atom is 0.238 e. The third kappa shape index (κ3) is 1.04. The highest BCUT2D eigenvalue weighted by molar-refractivity contribution is 6.22. The number of carbonyl (C=O) groups excluding carboxylic acids is 1. The van der Waals surface area contributed by atoms with Crippen molar-refractivity contribution < 1.29 is 4.79 Å². The number of rotatable bonds is 0. The molecule has 1 aliphatic rings. The second-order valence-electron chi connectivity index (χ2n) is 4.29. The predicted octanol–water partition coefficient (Wildman–Crippen LogP) is 2.18. The summed E-state index contributed by atoms with van der Waals surface area (Å²) in [5.74, 6) is 0.0293. The molecule has 1 rings (SSSR count). The Labute approximate surface area is 72.6 Å². The lowest BCUT2D eigenvalue weighted by atomic mass is 9.76. The fourth-order valence-electron chi connectivity index (χ4n) is 1.24. The molecule has 1 fully saturated rings. The number of amides is 1. The first-order valence-corrected chi connectivity index (χ1v) is 4.12. The Bertz CT molecular complexity index is 198. The molecule has 1 heterocycles. The van der Waals surface area contributed by atoms with Crippen molar-refractivity contribution in [3.05, 3.63) is 0 Å². The molecule has 1 saturated heterocycles. The summed E-state index contributed by atoms with van der Waals surface area (Å²) < 4.78 is 1.33. The van der Waals surface area contributed by atoms with E-state index in [-0.39, 0.29) is 16.9 Å². The van der Waals surface area contributed by atoms with Gasteiger partial charge in [0.1, 0.15) is 0 Å². The van der Waals surface area contributed by atoms with Crippen LogP contribution in [-0.4, -0.2) is 15.9 Å². The first kappa shape index (κ1) is 8.85. The Morgan fingerprint density at radius 1 is 1.36 bits per heavy atom. The van der Waals surface area contributed by atoms with Crippen molar-refractivity contribution in [3.8, 4) is 0 Å². The smallest absolute Gasteiger partial charge is 0.238 e. The molecule has 3 heteroatoms. The zero-order valence-corrected chi connectivity index (χ0v) is 8.20. The summed E-state index contributed by atoms with van der Waals surface area (Å²) in [7, 11) is 0. The largest absolute Gasteiger partial charge is 0.274 e. The van der Waals surface area contributed by atoms with E-state index < -0.39 is 0 Å². The van der Waals surface area contributed by atoms with Gasteiger partial charge in [-0.2, -0.15) is 0 Å². The van der Waals surface area contributed by atoms with E-state index in [1.165, 1.54) is 4.42 Å². The number of carbonyl (C=O) groups is 1. The maximum atomic E-state index is 11.2. The maximum absolute atomic E-state index is 11.2. The second-order valence-corrected chi connectivity index (χ2v) is 4.63. The summed E-state index contributed by atoms with van der Waals surface area (Å²) in [5, 5.41) is 0. The van der Waals surface area contributed by atoms with Gasteiger partial charge < -0.3 is 0 Å². The molecule has 0 bridgehead atoms. The Balaban J connectivity index is 3.01. The summed E-state index contributed by atoms with van der Waals surface area (Å²) >= 11 is 5.82. The van der Waals surface area contributed by atoms with Gasteiger partial charge in [0, 0.05) is 18.2 Å². The lowest BCUT2D eigenvalue weighted by Crippen LogP contribution is -2.42. The van der Waals surface area contributed by atoms with Gasteiger partial charge in [-0.1, -0.05) is 13.8 Å². The standard InChI is InChI=1S/C8H14ClNO/c1-7(2)5-6(11)10(9)8(7,3)4/h5H2,1-4H3. The SMILES string of the molecule is CC1(C)CC(=O)N(Cl)C1(C)C. The van der Waals surface area contributed by atoms with Crippen molar-refractivity contribution in [2.24, 2.45) is 5.41 Å². The van der Waals surface area contributed by atoms with Gasteiger partial charge in [0.05, 0.1) is 5.54 Å². The summed E-state index contributed by atoms with van der Waals surface area (Å²) in [5.41, 5.74) is -0.253. The van der Waals surface area contributed by atoms with Crippen LogP contribution in [-0.2, 0) is 4.79 Å². The molecule has 0 radical (unpaired) electrons. The monoisotopic (exact) mass is 175 g/mol. The van der Waals surface area contributed by atoms with Gasteiger partial charge in [-0.3, -0.25) is 4.79 Å². The number of hydrogen-bond donors (Lipinski definition) is 0. The summed E-state index contributed by atoms with van der Waals surface area (Å²) in [4.78, 5) is 11.2. The van der Waals surface area contributed by atoms with E-state index in [2.05, 4.69) is 13.8 Å². The van der Waals surface area contributed by atoms with Crippen molar-refractivity contribution >= 4 is 17.7 Å². The second kappa shape index (κ2) is 2.13. The van der Waals surface area contributed by atoms with E-state index in [4.69, 9.17) is 11.8 Å². The van der Waals surface area contributed by atoms with Crippen LogP contribution in [0.4, 0.5) is 0 Å². The predicted molar refractivity (Wildman–Crippen MR) is 45.2 cm³/mol. The zero-order chi connectivity index (χ0) is 8.86. The number of halogens is 1. The molecule has 0 aromatic carbocycles. The van der Waals surface area contributed by atoms with Crippen LogP contribution in [0.1, 0.15) is 34.1 Å². The molecule has 1 aliphatic heterocycles. The van der Waals surface area contributed by atoms with Gasteiger partial charge in [0.2, 0.25) is 5.91 Å². The molecule has 0 saturated carbocycles. The third-order valence-electron chi connectivity index (χ3n) is 2.96. The molecule has 0 aromatic rings. The highest BCUT2D eigenvalue weighted by Gasteiger charge is 2.51. The molecular formula is C8H14ClNO. The average molecular weight is 176 g/mol. The van der Waals surface area contributed by atoms with E-state index in [0.717, 1.165) is 0 Å². The van der Waals surface area contributed by atoms with E-state index in [1.54, 1.807) is 0 Å². The summed E-state index contributed by atoms with van der Waals surface area (Å²) in [6, 6.07) is 0. The van der Waals surface area contributed by atoms with Gasteiger partial charge >= 0.3 is 0 Å². The highest BCUT2D eigenvalue weighted by atomic mass is 35.5. The van der Waals surface area contributed by atoms with Crippen LogP contribution < -0.4 is 0 Å². The Hall–Kier alpha value is -0.240. The van der Waals surface area contributed by atoms with Gasteiger partial charge in [-0.05, 0) is 19.3 Å². The van der Waals surface area contributed by atoms with E-state index in [1.807, 2.05) is 13.8 Å². The lowest BCUT2D eigenvalue weighted by Gasteiger charge is -2.36. The first-order chi connectivity index (χ1) is 4.79. The molecule has 0 atom stereocenters. The Morgan fingerprint density at radius 2 is 1.82 bits per heavy atom. The van der Waals surface area contributed by atoms with Gasteiger partial charge in [0.25, 0.3) is 0 Å². The first-order valence-electron chi connectivity index (χ1n) is 3.78. The Kier molecular flexibility index (Phi) is 1.71. The molecule has 64 valence electrons. The average Bonchev–Trinajstić information content (AvgIpc) is 1.93.